The summed E-state index contributed by atoms with van der Waals surface area (Å²) < 4.78 is 0. The highest BCUT2D eigenvalue weighted by Gasteiger charge is 2.50. The molecule has 3 fully saturated rings. The number of likely N-dealkylation sites (tertiary alicyclic amines) is 1. The Bertz CT molecular complexity index is 953. The summed E-state index contributed by atoms with van der Waals surface area (Å²) in [6.07, 6.45) is 11.3. The van der Waals surface area contributed by atoms with Crippen molar-refractivity contribution in [3.8, 4) is 0 Å². The van der Waals surface area contributed by atoms with Gasteiger partial charge in [-0.3, -0.25) is 4.90 Å². The van der Waals surface area contributed by atoms with Crippen molar-refractivity contribution in [1.82, 2.24) is 10.2 Å². The molecule has 2 nitrogen and oxygen atoms in total. The van der Waals surface area contributed by atoms with Crippen molar-refractivity contribution in [3.63, 3.8) is 0 Å². The minimum Gasteiger partial charge on any atom is -0.378 e. The molecule has 1 N–H and O–H groups in total. The van der Waals surface area contributed by atoms with E-state index in [9.17, 15) is 0 Å². The molecular weight excluding hydrogens is 412 g/mol. The van der Waals surface area contributed by atoms with Crippen molar-refractivity contribution < 1.29 is 0 Å². The Morgan fingerprint density at radius 2 is 1.81 bits per heavy atom. The van der Waals surface area contributed by atoms with Crippen molar-refractivity contribution >= 4 is 11.6 Å². The Kier molecular flexibility index (Phi) is 6.11. The third-order valence-corrected chi connectivity index (χ3v) is 8.53. The van der Waals surface area contributed by atoms with Crippen molar-refractivity contribution in [1.29, 1.82) is 0 Å². The summed E-state index contributed by atoms with van der Waals surface area (Å²) in [4.78, 5) is 2.79. The first-order chi connectivity index (χ1) is 15.5. The third-order valence-electron chi connectivity index (χ3n) is 8.29. The van der Waals surface area contributed by atoms with E-state index in [2.05, 4.69) is 59.6 Å². The summed E-state index contributed by atoms with van der Waals surface area (Å²) in [6.45, 7) is 9.24. The molecule has 3 heteroatoms. The molecule has 5 rings (SSSR count). The normalized spacial score (nSPS) is 24.2. The van der Waals surface area contributed by atoms with Crippen molar-refractivity contribution in [2.75, 3.05) is 13.1 Å². The van der Waals surface area contributed by atoms with Crippen LogP contribution in [0.3, 0.4) is 0 Å². The van der Waals surface area contributed by atoms with Gasteiger partial charge in [0.2, 0.25) is 0 Å². The third kappa shape index (κ3) is 4.37. The van der Waals surface area contributed by atoms with E-state index in [0.29, 0.717) is 5.92 Å². The molecule has 3 aliphatic rings. The average Bonchev–Trinajstić information content (AvgIpc) is 3.42. The summed E-state index contributed by atoms with van der Waals surface area (Å²) in [5, 5.41) is 4.86. The lowest BCUT2D eigenvalue weighted by molar-refractivity contribution is 0.0939. The first-order valence-corrected chi connectivity index (χ1v) is 12.9. The average molecular weight is 449 g/mol. The van der Waals surface area contributed by atoms with Crippen LogP contribution in [0.1, 0.15) is 68.1 Å². The number of hydrogen-bond donors (Lipinski definition) is 1. The minimum atomic E-state index is 0.106. The predicted molar refractivity (Wildman–Crippen MR) is 135 cm³/mol. The van der Waals surface area contributed by atoms with Crippen LogP contribution in [0.15, 0.2) is 60.8 Å². The molecule has 0 spiro atoms. The van der Waals surface area contributed by atoms with E-state index >= 15 is 0 Å². The summed E-state index contributed by atoms with van der Waals surface area (Å²) in [7, 11) is 0. The van der Waals surface area contributed by atoms with Gasteiger partial charge in [-0.1, -0.05) is 79.4 Å². The molecule has 1 aliphatic heterocycles. The number of rotatable bonds is 7. The zero-order chi connectivity index (χ0) is 22.2. The van der Waals surface area contributed by atoms with Gasteiger partial charge in [0.05, 0.1) is 11.1 Å². The number of halogens is 1. The Morgan fingerprint density at radius 3 is 2.50 bits per heavy atom. The van der Waals surface area contributed by atoms with Gasteiger partial charge in [0.1, 0.15) is 0 Å². The number of benzene rings is 2. The van der Waals surface area contributed by atoms with Crippen molar-refractivity contribution in [2.45, 2.75) is 75.8 Å². The monoisotopic (exact) mass is 448 g/mol. The summed E-state index contributed by atoms with van der Waals surface area (Å²) in [5.41, 5.74) is 5.62. The van der Waals surface area contributed by atoms with Crippen LogP contribution in [0.5, 0.6) is 0 Å². The van der Waals surface area contributed by atoms with E-state index in [1.807, 2.05) is 6.07 Å². The first-order valence-electron chi connectivity index (χ1n) is 12.5. The summed E-state index contributed by atoms with van der Waals surface area (Å²) >= 11 is 6.24. The smallest absolute Gasteiger partial charge is 0.0624 e. The van der Waals surface area contributed by atoms with E-state index in [0.717, 1.165) is 11.4 Å². The Balaban J connectivity index is 1.31. The number of nitrogens with one attached hydrogen (secondary N) is 1. The van der Waals surface area contributed by atoms with Gasteiger partial charge < -0.3 is 5.32 Å². The van der Waals surface area contributed by atoms with E-state index in [1.54, 1.807) is 0 Å². The molecule has 1 unspecified atom stereocenters. The van der Waals surface area contributed by atoms with Crippen LogP contribution < -0.4 is 5.32 Å². The molecule has 2 aliphatic carbocycles. The highest BCUT2D eigenvalue weighted by Crippen LogP contribution is 2.49. The molecular formula is C29H37ClN2. The van der Waals surface area contributed by atoms with Crippen LogP contribution in [0, 0.1) is 12.8 Å². The van der Waals surface area contributed by atoms with Crippen molar-refractivity contribution in [3.05, 3.63) is 82.5 Å². The van der Waals surface area contributed by atoms with E-state index in [4.69, 9.17) is 18.2 Å². The molecule has 1 atom stereocenters. The van der Waals surface area contributed by atoms with E-state index < -0.39 is 0 Å². The predicted octanol–water partition coefficient (Wildman–Crippen LogP) is 7.01. The fourth-order valence-electron chi connectivity index (χ4n) is 6.22. The second-order valence-corrected chi connectivity index (χ2v) is 11.0. The number of nitrogens with zero attached hydrogens (tertiary/aromatic N) is 1. The van der Waals surface area contributed by atoms with Gasteiger partial charge >= 0.3 is 0 Å². The van der Waals surface area contributed by atoms with Gasteiger partial charge in [-0.15, -0.1) is 0 Å². The molecule has 170 valence electrons. The van der Waals surface area contributed by atoms with Crippen LogP contribution in [0.2, 0.25) is 5.02 Å². The molecule has 2 aromatic rings. The Morgan fingerprint density at radius 1 is 1.06 bits per heavy atom. The maximum absolute atomic E-state index is 6.24. The van der Waals surface area contributed by atoms with Crippen LogP contribution in [0.4, 0.5) is 0 Å². The Labute approximate surface area is 199 Å². The molecule has 1 saturated heterocycles. The fraction of sp³-hybridized carbons (Fsp3) is 0.517. The molecule has 2 aromatic carbocycles. The standard InChI is InChI=1S/C29H37ClN2/c1-22-9-11-26(12-10-22)28(16-17-28)31-23(2)29(14-4-3-5-15-29)32-18-13-25(21-32)19-24-7-6-8-27(30)20-24/h6-12,20,25,31H,2-5,13-19,21H2,1H3. The lowest BCUT2D eigenvalue weighted by Crippen LogP contribution is -2.54. The molecule has 0 aromatic heterocycles. The van der Waals surface area contributed by atoms with E-state index in [1.165, 1.54) is 86.8 Å². The highest BCUT2D eigenvalue weighted by molar-refractivity contribution is 6.30. The summed E-state index contributed by atoms with van der Waals surface area (Å²) in [5.74, 6) is 0.701. The SMILES string of the molecule is C=C(NC1(c2ccc(C)cc2)CC1)C1(N2CCC(Cc3cccc(Cl)c3)C2)CCCCC1. The minimum absolute atomic E-state index is 0.106. The fourth-order valence-corrected chi connectivity index (χ4v) is 6.43. The number of aryl methyl sites for hydroxylation is 1. The molecule has 0 bridgehead atoms. The first kappa shape index (κ1) is 22.0. The highest BCUT2D eigenvalue weighted by atomic mass is 35.5. The zero-order valence-corrected chi connectivity index (χ0v) is 20.3. The lowest BCUT2D eigenvalue weighted by atomic mass is 9.77. The van der Waals surface area contributed by atoms with Gasteiger partial charge in [0, 0.05) is 17.3 Å². The molecule has 0 amide bonds. The van der Waals surface area contributed by atoms with Crippen molar-refractivity contribution in [2.24, 2.45) is 5.92 Å². The van der Waals surface area contributed by atoms with Crippen LogP contribution in [0.25, 0.3) is 0 Å². The number of hydrogen-bond acceptors (Lipinski definition) is 2. The van der Waals surface area contributed by atoms with Gasteiger partial charge in [0.25, 0.3) is 0 Å². The van der Waals surface area contributed by atoms with Gasteiger partial charge in [-0.2, -0.15) is 0 Å². The quantitative estimate of drug-likeness (QED) is 0.490. The van der Waals surface area contributed by atoms with Gasteiger partial charge in [-0.05, 0) is 81.2 Å². The zero-order valence-electron chi connectivity index (χ0n) is 19.5. The largest absolute Gasteiger partial charge is 0.378 e. The van der Waals surface area contributed by atoms with Crippen LogP contribution in [-0.4, -0.2) is 23.5 Å². The maximum atomic E-state index is 6.24. The second-order valence-electron chi connectivity index (χ2n) is 10.6. The second kappa shape index (κ2) is 8.88. The van der Waals surface area contributed by atoms with Crippen LogP contribution in [-0.2, 0) is 12.0 Å². The lowest BCUT2D eigenvalue weighted by Gasteiger charge is -2.47. The molecule has 2 saturated carbocycles. The van der Waals surface area contributed by atoms with Crippen LogP contribution >= 0.6 is 11.6 Å². The van der Waals surface area contributed by atoms with Gasteiger partial charge in [0.15, 0.2) is 0 Å². The summed E-state index contributed by atoms with van der Waals surface area (Å²) in [6, 6.07) is 17.5. The molecule has 0 radical (unpaired) electrons. The topological polar surface area (TPSA) is 15.3 Å². The van der Waals surface area contributed by atoms with Gasteiger partial charge in [-0.25, -0.2) is 0 Å². The molecule has 32 heavy (non-hydrogen) atoms. The maximum Gasteiger partial charge on any atom is 0.0624 e. The Hall–Kier alpha value is -1.77. The van der Waals surface area contributed by atoms with E-state index in [-0.39, 0.29) is 11.1 Å². The molecule has 1 heterocycles.